The van der Waals surface area contributed by atoms with Crippen LogP contribution >= 0.6 is 24.0 Å². The van der Waals surface area contributed by atoms with Crippen molar-refractivity contribution in [1.82, 2.24) is 15.4 Å². The Morgan fingerprint density at radius 3 is 2.32 bits per heavy atom. The third-order valence-electron chi connectivity index (χ3n) is 3.89. The number of nitrogens with one attached hydrogen (secondary N) is 3. The first-order valence-electron chi connectivity index (χ1n) is 7.86. The lowest BCUT2D eigenvalue weighted by atomic mass is 9.83. The predicted molar refractivity (Wildman–Crippen MR) is 103 cm³/mol. The van der Waals surface area contributed by atoms with E-state index in [1.165, 1.54) is 38.5 Å². The van der Waals surface area contributed by atoms with E-state index in [9.17, 15) is 8.42 Å². The van der Waals surface area contributed by atoms with E-state index in [4.69, 9.17) is 0 Å². The maximum atomic E-state index is 11.0. The first-order valence-corrected chi connectivity index (χ1v) is 9.75. The van der Waals surface area contributed by atoms with Crippen molar-refractivity contribution in [2.75, 3.05) is 26.4 Å². The molecule has 1 aliphatic carbocycles. The quantitative estimate of drug-likeness (QED) is 0.241. The van der Waals surface area contributed by atoms with Gasteiger partial charge in [0.15, 0.2) is 5.96 Å². The molecule has 1 rings (SSSR count). The summed E-state index contributed by atoms with van der Waals surface area (Å²) in [6, 6.07) is 0.479. The van der Waals surface area contributed by atoms with Crippen LogP contribution in [0.25, 0.3) is 0 Å². The summed E-state index contributed by atoms with van der Waals surface area (Å²) >= 11 is 0. The van der Waals surface area contributed by atoms with Crippen LogP contribution in [0.2, 0.25) is 0 Å². The maximum absolute atomic E-state index is 11.0. The van der Waals surface area contributed by atoms with Crippen LogP contribution in [-0.2, 0) is 10.0 Å². The molecule has 8 heteroatoms. The van der Waals surface area contributed by atoms with Crippen molar-refractivity contribution >= 4 is 40.0 Å². The molecule has 0 atom stereocenters. The Kier molecular flexibility index (Phi) is 11.4. The summed E-state index contributed by atoms with van der Waals surface area (Å²) in [6.45, 7) is 3.14. The van der Waals surface area contributed by atoms with Crippen molar-refractivity contribution in [3.8, 4) is 0 Å². The van der Waals surface area contributed by atoms with Gasteiger partial charge in [-0.25, -0.2) is 13.1 Å². The van der Waals surface area contributed by atoms with E-state index >= 15 is 0 Å². The average Bonchev–Trinajstić information content (AvgIpc) is 2.43. The minimum absolute atomic E-state index is 0. The minimum atomic E-state index is -3.12. The lowest BCUT2D eigenvalue weighted by Crippen LogP contribution is -2.46. The highest BCUT2D eigenvalue weighted by molar-refractivity contribution is 14.0. The van der Waals surface area contributed by atoms with Crippen molar-refractivity contribution in [3.63, 3.8) is 0 Å². The Hall–Kier alpha value is -0.0900. The zero-order chi connectivity index (χ0) is 15.7. The number of sulfonamides is 1. The lowest BCUT2D eigenvalue weighted by Gasteiger charge is -2.30. The number of hydrogen-bond donors (Lipinski definition) is 3. The second kappa shape index (κ2) is 11.4. The van der Waals surface area contributed by atoms with E-state index in [-0.39, 0.29) is 24.0 Å². The van der Waals surface area contributed by atoms with Crippen LogP contribution in [0.1, 0.15) is 45.4 Å². The molecule has 1 aliphatic rings. The molecule has 0 spiro atoms. The highest BCUT2D eigenvalue weighted by Crippen LogP contribution is 2.27. The molecule has 132 valence electrons. The Morgan fingerprint density at radius 1 is 1.18 bits per heavy atom. The second-order valence-electron chi connectivity index (χ2n) is 5.82. The monoisotopic (exact) mass is 446 g/mol. The van der Waals surface area contributed by atoms with Gasteiger partial charge in [-0.15, -0.1) is 24.0 Å². The van der Waals surface area contributed by atoms with Gasteiger partial charge in [0.25, 0.3) is 0 Å². The van der Waals surface area contributed by atoms with Crippen LogP contribution < -0.4 is 15.4 Å². The van der Waals surface area contributed by atoms with Crippen LogP contribution in [0, 0.1) is 5.92 Å². The fourth-order valence-electron chi connectivity index (χ4n) is 2.81. The van der Waals surface area contributed by atoms with Gasteiger partial charge in [-0.1, -0.05) is 19.8 Å². The van der Waals surface area contributed by atoms with E-state index in [0.717, 1.165) is 18.1 Å². The molecule has 3 N–H and O–H groups in total. The Bertz CT molecular complexity index is 421. The topological polar surface area (TPSA) is 82.6 Å². The third kappa shape index (κ3) is 9.83. The van der Waals surface area contributed by atoms with Gasteiger partial charge in [0.2, 0.25) is 10.0 Å². The molecule has 22 heavy (non-hydrogen) atoms. The van der Waals surface area contributed by atoms with Gasteiger partial charge in [0.05, 0.1) is 6.26 Å². The highest BCUT2D eigenvalue weighted by atomic mass is 127. The fourth-order valence-corrected chi connectivity index (χ4v) is 3.28. The average molecular weight is 446 g/mol. The smallest absolute Gasteiger partial charge is 0.208 e. The fraction of sp³-hybridized carbons (Fsp3) is 0.929. The van der Waals surface area contributed by atoms with E-state index in [1.54, 1.807) is 7.05 Å². The van der Waals surface area contributed by atoms with E-state index in [1.807, 2.05) is 0 Å². The van der Waals surface area contributed by atoms with Crippen LogP contribution in [0.15, 0.2) is 4.99 Å². The standard InChI is InChI=1S/C14H30N4O2S.HI/c1-4-5-12-6-8-13(9-7-12)18-14(15-2)16-10-11-17-21(3,19)20;/h12-13,17H,4-11H2,1-3H3,(H2,15,16,18);1H. The third-order valence-corrected chi connectivity index (χ3v) is 4.62. The number of guanidine groups is 1. The van der Waals surface area contributed by atoms with Crippen molar-refractivity contribution in [2.24, 2.45) is 10.9 Å². The molecule has 0 aliphatic heterocycles. The van der Waals surface area contributed by atoms with E-state index < -0.39 is 10.0 Å². The Balaban J connectivity index is 0.00000441. The molecule has 6 nitrogen and oxygen atoms in total. The molecule has 0 aromatic heterocycles. The second-order valence-corrected chi connectivity index (χ2v) is 7.65. The molecule has 0 radical (unpaired) electrons. The van der Waals surface area contributed by atoms with Gasteiger partial charge >= 0.3 is 0 Å². The number of aliphatic imine (C=N–C) groups is 1. The molecule has 0 saturated heterocycles. The molecule has 0 bridgehead atoms. The molecule has 1 fully saturated rings. The van der Waals surface area contributed by atoms with E-state index in [0.29, 0.717) is 19.1 Å². The van der Waals surface area contributed by atoms with Crippen molar-refractivity contribution in [2.45, 2.75) is 51.5 Å². The highest BCUT2D eigenvalue weighted by Gasteiger charge is 2.21. The van der Waals surface area contributed by atoms with Crippen LogP contribution in [0.5, 0.6) is 0 Å². The number of hydrogen-bond acceptors (Lipinski definition) is 3. The van der Waals surface area contributed by atoms with Gasteiger partial charge in [-0.2, -0.15) is 0 Å². The first kappa shape index (κ1) is 21.9. The van der Waals surface area contributed by atoms with Gasteiger partial charge in [-0.3, -0.25) is 4.99 Å². The Labute approximate surface area is 152 Å². The van der Waals surface area contributed by atoms with E-state index in [2.05, 4.69) is 27.3 Å². The van der Waals surface area contributed by atoms with Gasteiger partial charge in [0, 0.05) is 26.2 Å². The zero-order valence-electron chi connectivity index (χ0n) is 13.9. The predicted octanol–water partition coefficient (Wildman–Crippen LogP) is 1.68. The molecule has 0 heterocycles. The molecule has 0 aromatic carbocycles. The first-order chi connectivity index (χ1) is 9.94. The van der Waals surface area contributed by atoms with Crippen molar-refractivity contribution < 1.29 is 8.42 Å². The molecule has 0 aromatic rings. The van der Waals surface area contributed by atoms with Gasteiger partial charge in [-0.05, 0) is 31.6 Å². The number of rotatable bonds is 7. The summed E-state index contributed by atoms with van der Waals surface area (Å²) in [5, 5.41) is 6.57. The summed E-state index contributed by atoms with van der Waals surface area (Å²) in [6.07, 6.45) is 8.74. The molecule has 0 amide bonds. The summed E-state index contributed by atoms with van der Waals surface area (Å²) in [7, 11) is -1.38. The largest absolute Gasteiger partial charge is 0.355 e. The zero-order valence-corrected chi connectivity index (χ0v) is 17.0. The summed E-state index contributed by atoms with van der Waals surface area (Å²) in [5.41, 5.74) is 0. The maximum Gasteiger partial charge on any atom is 0.208 e. The lowest BCUT2D eigenvalue weighted by molar-refractivity contribution is 0.295. The van der Waals surface area contributed by atoms with Crippen LogP contribution in [-0.4, -0.2) is 46.8 Å². The Morgan fingerprint density at radius 2 is 1.82 bits per heavy atom. The minimum Gasteiger partial charge on any atom is -0.355 e. The summed E-state index contributed by atoms with van der Waals surface area (Å²) < 4.78 is 24.4. The van der Waals surface area contributed by atoms with Crippen LogP contribution in [0.3, 0.4) is 0 Å². The molecule has 0 unspecified atom stereocenters. The van der Waals surface area contributed by atoms with Gasteiger partial charge < -0.3 is 10.6 Å². The summed E-state index contributed by atoms with van der Waals surface area (Å²) in [4.78, 5) is 4.19. The SMILES string of the molecule is CCCC1CCC(NC(=NC)NCCNS(C)(=O)=O)CC1.I. The summed E-state index contributed by atoms with van der Waals surface area (Å²) in [5.74, 6) is 1.64. The molecular formula is C14H31IN4O2S. The molecular weight excluding hydrogens is 415 g/mol. The van der Waals surface area contributed by atoms with Crippen molar-refractivity contribution in [1.29, 1.82) is 0 Å². The normalized spacial score (nSPS) is 22.8. The molecule has 1 saturated carbocycles. The van der Waals surface area contributed by atoms with Crippen LogP contribution in [0.4, 0.5) is 0 Å². The van der Waals surface area contributed by atoms with Gasteiger partial charge in [0.1, 0.15) is 0 Å². The number of halogens is 1. The van der Waals surface area contributed by atoms with Crippen molar-refractivity contribution in [3.05, 3.63) is 0 Å². The number of nitrogens with zero attached hydrogens (tertiary/aromatic N) is 1.